The van der Waals surface area contributed by atoms with E-state index < -0.39 is 0 Å². The quantitative estimate of drug-likeness (QED) is 0.791. The molecular formula is C17H25NO2. The summed E-state index contributed by atoms with van der Waals surface area (Å²) in [5, 5.41) is 0. The molecule has 1 fully saturated rings. The number of hydrogen-bond donors (Lipinski definition) is 0. The second kappa shape index (κ2) is 6.89. The third-order valence-corrected chi connectivity index (χ3v) is 4.47. The van der Waals surface area contributed by atoms with Crippen molar-refractivity contribution >= 4 is 5.97 Å². The van der Waals surface area contributed by atoms with E-state index in [2.05, 4.69) is 49.1 Å². The van der Waals surface area contributed by atoms with Crippen LogP contribution in [0.4, 0.5) is 0 Å². The van der Waals surface area contributed by atoms with Gasteiger partial charge in [0.1, 0.15) is 6.10 Å². The largest absolute Gasteiger partial charge is 0.462 e. The molecule has 1 saturated heterocycles. The van der Waals surface area contributed by atoms with Crippen LogP contribution in [-0.2, 0) is 16.0 Å². The molecule has 3 atom stereocenters. The van der Waals surface area contributed by atoms with Crippen LogP contribution in [0.1, 0.15) is 32.8 Å². The van der Waals surface area contributed by atoms with Gasteiger partial charge in [-0.1, -0.05) is 37.3 Å². The van der Waals surface area contributed by atoms with Crippen LogP contribution in [0.2, 0.25) is 0 Å². The Balaban J connectivity index is 1.87. The first-order valence-electron chi connectivity index (χ1n) is 7.53. The van der Waals surface area contributed by atoms with E-state index in [9.17, 15) is 4.79 Å². The molecular weight excluding hydrogens is 250 g/mol. The van der Waals surface area contributed by atoms with Crippen LogP contribution in [-0.4, -0.2) is 36.1 Å². The number of esters is 1. The lowest BCUT2D eigenvalue weighted by molar-refractivity contribution is -0.153. The summed E-state index contributed by atoms with van der Waals surface area (Å²) < 4.78 is 5.42. The lowest BCUT2D eigenvalue weighted by Gasteiger charge is -2.42. The summed E-state index contributed by atoms with van der Waals surface area (Å²) in [5.41, 5.74) is 1.38. The van der Waals surface area contributed by atoms with Gasteiger partial charge in [0.25, 0.3) is 0 Å². The van der Waals surface area contributed by atoms with Crippen molar-refractivity contribution in [3.05, 3.63) is 35.9 Å². The summed E-state index contributed by atoms with van der Waals surface area (Å²) in [6.07, 6.45) is 2.10. The number of likely N-dealkylation sites (tertiary alicyclic amines) is 1. The van der Waals surface area contributed by atoms with Gasteiger partial charge in [-0.05, 0) is 25.3 Å². The second-order valence-electron chi connectivity index (χ2n) is 5.81. The normalized spacial score (nSPS) is 27.2. The van der Waals surface area contributed by atoms with Crippen molar-refractivity contribution in [3.63, 3.8) is 0 Å². The fourth-order valence-corrected chi connectivity index (χ4v) is 3.02. The molecule has 0 saturated carbocycles. The third-order valence-electron chi connectivity index (χ3n) is 4.47. The van der Waals surface area contributed by atoms with Crippen molar-refractivity contribution in [1.29, 1.82) is 0 Å². The zero-order valence-electron chi connectivity index (χ0n) is 12.7. The molecule has 0 amide bonds. The van der Waals surface area contributed by atoms with Gasteiger partial charge in [0.15, 0.2) is 0 Å². The average Bonchev–Trinajstić information content (AvgIpc) is 2.44. The molecule has 1 aromatic rings. The Morgan fingerprint density at radius 2 is 2.00 bits per heavy atom. The highest BCUT2D eigenvalue weighted by atomic mass is 16.5. The van der Waals surface area contributed by atoms with Crippen LogP contribution >= 0.6 is 0 Å². The summed E-state index contributed by atoms with van der Waals surface area (Å²) in [7, 11) is 0. The van der Waals surface area contributed by atoms with Crippen LogP contribution in [0.15, 0.2) is 30.3 Å². The van der Waals surface area contributed by atoms with Gasteiger partial charge in [-0.25, -0.2) is 0 Å². The second-order valence-corrected chi connectivity index (χ2v) is 5.81. The van der Waals surface area contributed by atoms with Gasteiger partial charge in [-0.15, -0.1) is 0 Å². The maximum absolute atomic E-state index is 11.1. The highest BCUT2D eigenvalue weighted by molar-refractivity contribution is 5.66. The zero-order valence-corrected chi connectivity index (χ0v) is 12.7. The van der Waals surface area contributed by atoms with E-state index in [0.29, 0.717) is 12.0 Å². The number of piperidine rings is 1. The van der Waals surface area contributed by atoms with Crippen molar-refractivity contribution in [1.82, 2.24) is 4.90 Å². The Labute approximate surface area is 121 Å². The first-order chi connectivity index (χ1) is 9.58. The fourth-order valence-electron chi connectivity index (χ4n) is 3.02. The van der Waals surface area contributed by atoms with Gasteiger partial charge in [0.05, 0.1) is 0 Å². The van der Waals surface area contributed by atoms with Gasteiger partial charge in [-0.2, -0.15) is 0 Å². The third kappa shape index (κ3) is 3.83. The van der Waals surface area contributed by atoms with Gasteiger partial charge < -0.3 is 4.74 Å². The zero-order chi connectivity index (χ0) is 14.5. The molecule has 0 aliphatic carbocycles. The summed E-state index contributed by atoms with van der Waals surface area (Å²) >= 11 is 0. The van der Waals surface area contributed by atoms with E-state index in [1.807, 2.05) is 0 Å². The fraction of sp³-hybridized carbons (Fsp3) is 0.588. The van der Waals surface area contributed by atoms with E-state index >= 15 is 0 Å². The topological polar surface area (TPSA) is 29.5 Å². The molecule has 20 heavy (non-hydrogen) atoms. The van der Waals surface area contributed by atoms with Crippen molar-refractivity contribution < 1.29 is 9.53 Å². The van der Waals surface area contributed by atoms with Crippen molar-refractivity contribution in [3.8, 4) is 0 Å². The van der Waals surface area contributed by atoms with Crippen LogP contribution in [0.25, 0.3) is 0 Å². The van der Waals surface area contributed by atoms with E-state index in [1.165, 1.54) is 12.5 Å². The summed E-state index contributed by atoms with van der Waals surface area (Å²) in [6, 6.07) is 11.1. The molecule has 3 heteroatoms. The molecule has 1 aliphatic heterocycles. The molecule has 0 aromatic heterocycles. The maximum atomic E-state index is 11.1. The molecule has 0 spiro atoms. The molecule has 1 heterocycles. The molecule has 0 bridgehead atoms. The number of carbonyl (C=O) groups is 1. The summed E-state index contributed by atoms with van der Waals surface area (Å²) in [4.78, 5) is 13.6. The minimum absolute atomic E-state index is 0.0791. The van der Waals surface area contributed by atoms with Crippen molar-refractivity contribution in [2.75, 3.05) is 13.1 Å². The highest BCUT2D eigenvalue weighted by Crippen LogP contribution is 2.26. The van der Waals surface area contributed by atoms with E-state index in [-0.39, 0.29) is 12.1 Å². The van der Waals surface area contributed by atoms with Crippen molar-refractivity contribution in [2.24, 2.45) is 5.92 Å². The lowest BCUT2D eigenvalue weighted by Crippen LogP contribution is -2.50. The molecule has 1 aromatic carbocycles. The van der Waals surface area contributed by atoms with E-state index in [0.717, 1.165) is 25.9 Å². The average molecular weight is 275 g/mol. The van der Waals surface area contributed by atoms with Gasteiger partial charge in [0.2, 0.25) is 0 Å². The predicted molar refractivity (Wildman–Crippen MR) is 80.5 cm³/mol. The molecule has 0 radical (unpaired) electrons. The number of nitrogens with zero attached hydrogens (tertiary/aromatic N) is 1. The van der Waals surface area contributed by atoms with Gasteiger partial charge in [-0.3, -0.25) is 9.69 Å². The highest BCUT2D eigenvalue weighted by Gasteiger charge is 2.33. The van der Waals surface area contributed by atoms with E-state index in [1.54, 1.807) is 0 Å². The first-order valence-corrected chi connectivity index (χ1v) is 7.53. The molecule has 2 rings (SSSR count). The number of benzene rings is 1. The van der Waals surface area contributed by atoms with Crippen molar-refractivity contribution in [2.45, 2.75) is 45.8 Å². The predicted octanol–water partition coefficient (Wildman–Crippen LogP) is 2.89. The maximum Gasteiger partial charge on any atom is 0.302 e. The molecule has 1 aliphatic rings. The van der Waals surface area contributed by atoms with Crippen LogP contribution in [0.3, 0.4) is 0 Å². The molecule has 3 nitrogen and oxygen atoms in total. The molecule has 0 N–H and O–H groups in total. The lowest BCUT2D eigenvalue weighted by atomic mass is 9.88. The summed E-state index contributed by atoms with van der Waals surface area (Å²) in [6.45, 7) is 8.01. The van der Waals surface area contributed by atoms with Crippen LogP contribution in [0, 0.1) is 5.92 Å². The SMILES string of the molecule is CC(=O)O[C@@H]1CCN(CCc2ccccc2)[C@@H](C)[C@H]1C. The Morgan fingerprint density at radius 3 is 2.65 bits per heavy atom. The van der Waals surface area contributed by atoms with Gasteiger partial charge >= 0.3 is 5.97 Å². The number of carbonyl (C=O) groups excluding carboxylic acids is 1. The van der Waals surface area contributed by atoms with E-state index in [4.69, 9.17) is 4.74 Å². The Hall–Kier alpha value is -1.35. The Morgan fingerprint density at radius 1 is 1.30 bits per heavy atom. The minimum Gasteiger partial charge on any atom is -0.462 e. The standard InChI is InChI=1S/C17H25NO2/c1-13-14(2)18(12-10-17(13)20-15(3)19)11-9-16-7-5-4-6-8-16/h4-8,13-14,17H,9-12H2,1-3H3/t13-,14+,17-/m1/s1. The Kier molecular flexibility index (Phi) is 5.18. The summed E-state index contributed by atoms with van der Waals surface area (Å²) in [5.74, 6) is 0.232. The van der Waals surface area contributed by atoms with Crippen LogP contribution in [0.5, 0.6) is 0 Å². The number of rotatable bonds is 4. The number of hydrogen-bond acceptors (Lipinski definition) is 3. The molecule has 110 valence electrons. The molecule has 0 unspecified atom stereocenters. The first kappa shape index (κ1) is 15.0. The van der Waals surface area contributed by atoms with Crippen LogP contribution < -0.4 is 0 Å². The number of ether oxygens (including phenoxy) is 1. The monoisotopic (exact) mass is 275 g/mol. The van der Waals surface area contributed by atoms with Gasteiger partial charge in [0, 0.05) is 32.0 Å². The smallest absolute Gasteiger partial charge is 0.302 e. The minimum atomic E-state index is -0.160. The Bertz CT molecular complexity index is 432.